The van der Waals surface area contributed by atoms with E-state index in [2.05, 4.69) is 19.2 Å². The fourth-order valence-electron chi connectivity index (χ4n) is 3.17. The minimum absolute atomic E-state index is 0.0788. The zero-order chi connectivity index (χ0) is 13.8. The van der Waals surface area contributed by atoms with Crippen molar-refractivity contribution in [3.05, 3.63) is 35.4 Å². The third-order valence-electron chi connectivity index (χ3n) is 4.07. The summed E-state index contributed by atoms with van der Waals surface area (Å²) >= 11 is 0. The largest absolute Gasteiger partial charge is 0.310 e. The van der Waals surface area contributed by atoms with Gasteiger partial charge in [-0.1, -0.05) is 20.3 Å². The molecule has 0 spiro atoms. The highest BCUT2D eigenvalue weighted by Crippen LogP contribution is 2.39. The second-order valence-electron chi connectivity index (χ2n) is 5.81. The van der Waals surface area contributed by atoms with E-state index < -0.39 is 11.6 Å². The molecule has 19 heavy (non-hydrogen) atoms. The molecule has 1 aliphatic rings. The van der Waals surface area contributed by atoms with Gasteiger partial charge < -0.3 is 5.32 Å². The topological polar surface area (TPSA) is 12.0 Å². The summed E-state index contributed by atoms with van der Waals surface area (Å²) in [7, 11) is 0. The van der Waals surface area contributed by atoms with Crippen molar-refractivity contribution < 1.29 is 8.78 Å². The second-order valence-corrected chi connectivity index (χ2v) is 5.81. The maximum Gasteiger partial charge on any atom is 0.126 e. The second kappa shape index (κ2) is 6.47. The van der Waals surface area contributed by atoms with Crippen LogP contribution in [0.2, 0.25) is 0 Å². The Bertz CT molecular complexity index is 399. The van der Waals surface area contributed by atoms with Crippen LogP contribution in [0, 0.1) is 23.5 Å². The van der Waals surface area contributed by atoms with Gasteiger partial charge in [-0.15, -0.1) is 0 Å². The van der Waals surface area contributed by atoms with E-state index in [-0.39, 0.29) is 6.04 Å². The summed E-state index contributed by atoms with van der Waals surface area (Å²) < 4.78 is 26.8. The fraction of sp³-hybridized carbons (Fsp3) is 0.625. The quantitative estimate of drug-likeness (QED) is 0.831. The van der Waals surface area contributed by atoms with Gasteiger partial charge >= 0.3 is 0 Å². The van der Waals surface area contributed by atoms with Crippen LogP contribution in [0.4, 0.5) is 8.78 Å². The SMILES string of the molecule is CCCNC(c1cc(F)cc(F)c1)C1CCC(C)C1. The van der Waals surface area contributed by atoms with Crippen LogP contribution in [0.15, 0.2) is 18.2 Å². The van der Waals surface area contributed by atoms with Crippen LogP contribution in [0.1, 0.15) is 51.1 Å². The fourth-order valence-corrected chi connectivity index (χ4v) is 3.17. The highest BCUT2D eigenvalue weighted by Gasteiger charge is 2.29. The molecule has 0 aromatic heterocycles. The van der Waals surface area contributed by atoms with Crippen molar-refractivity contribution in [3.63, 3.8) is 0 Å². The molecule has 3 unspecified atom stereocenters. The average Bonchev–Trinajstić information content (AvgIpc) is 2.75. The van der Waals surface area contributed by atoms with Crippen LogP contribution < -0.4 is 5.32 Å². The summed E-state index contributed by atoms with van der Waals surface area (Å²) in [4.78, 5) is 0. The molecule has 0 radical (unpaired) electrons. The number of nitrogens with one attached hydrogen (secondary N) is 1. The van der Waals surface area contributed by atoms with Gasteiger partial charge in [0.05, 0.1) is 0 Å². The first-order valence-corrected chi connectivity index (χ1v) is 7.29. The number of hydrogen-bond acceptors (Lipinski definition) is 1. The predicted molar refractivity (Wildman–Crippen MR) is 73.9 cm³/mol. The lowest BCUT2D eigenvalue weighted by Crippen LogP contribution is -2.28. The Kier molecular flexibility index (Phi) is 4.92. The van der Waals surface area contributed by atoms with E-state index >= 15 is 0 Å². The van der Waals surface area contributed by atoms with Gasteiger partial charge in [0.15, 0.2) is 0 Å². The maximum atomic E-state index is 13.4. The number of rotatable bonds is 5. The Morgan fingerprint density at radius 2 is 1.89 bits per heavy atom. The molecule has 3 heteroatoms. The smallest absolute Gasteiger partial charge is 0.126 e. The van der Waals surface area contributed by atoms with E-state index in [1.807, 2.05) is 0 Å². The molecule has 0 heterocycles. The first-order chi connectivity index (χ1) is 9.10. The van der Waals surface area contributed by atoms with Crippen molar-refractivity contribution in [3.8, 4) is 0 Å². The Hall–Kier alpha value is -0.960. The van der Waals surface area contributed by atoms with Crippen molar-refractivity contribution in [1.82, 2.24) is 5.32 Å². The third-order valence-corrected chi connectivity index (χ3v) is 4.07. The minimum Gasteiger partial charge on any atom is -0.310 e. The summed E-state index contributed by atoms with van der Waals surface area (Å²) in [6.07, 6.45) is 4.52. The number of halogens is 2. The molecule has 0 amide bonds. The van der Waals surface area contributed by atoms with Crippen molar-refractivity contribution >= 4 is 0 Å². The molecule has 1 aliphatic carbocycles. The lowest BCUT2D eigenvalue weighted by atomic mass is 9.90. The molecule has 3 atom stereocenters. The van der Waals surface area contributed by atoms with Crippen LogP contribution in [-0.2, 0) is 0 Å². The number of hydrogen-bond donors (Lipinski definition) is 1. The van der Waals surface area contributed by atoms with Crippen LogP contribution in [0.25, 0.3) is 0 Å². The Balaban J connectivity index is 2.20. The van der Waals surface area contributed by atoms with Gasteiger partial charge in [0, 0.05) is 12.1 Å². The molecule has 106 valence electrons. The first kappa shape index (κ1) is 14.4. The normalized spacial score (nSPS) is 24.6. The zero-order valence-corrected chi connectivity index (χ0v) is 11.8. The molecular formula is C16H23F2N. The van der Waals surface area contributed by atoms with Gasteiger partial charge in [0.1, 0.15) is 11.6 Å². The van der Waals surface area contributed by atoms with Gasteiger partial charge in [-0.25, -0.2) is 8.78 Å². The van der Waals surface area contributed by atoms with Gasteiger partial charge in [-0.3, -0.25) is 0 Å². The molecule has 1 saturated carbocycles. The number of benzene rings is 1. The van der Waals surface area contributed by atoms with E-state index in [0.717, 1.165) is 37.4 Å². The Morgan fingerprint density at radius 3 is 2.42 bits per heavy atom. The van der Waals surface area contributed by atoms with E-state index in [0.29, 0.717) is 11.8 Å². The predicted octanol–water partition coefficient (Wildman–Crippen LogP) is 4.44. The minimum atomic E-state index is -0.482. The third kappa shape index (κ3) is 3.75. The molecule has 0 saturated heterocycles. The standard InChI is InChI=1S/C16H23F2N/c1-3-6-19-16(12-5-4-11(2)7-12)13-8-14(17)10-15(18)9-13/h8-12,16,19H,3-7H2,1-2H3. The van der Waals surface area contributed by atoms with Crippen LogP contribution in [-0.4, -0.2) is 6.54 Å². The maximum absolute atomic E-state index is 13.4. The molecule has 2 rings (SSSR count). The Morgan fingerprint density at radius 1 is 1.21 bits per heavy atom. The highest BCUT2D eigenvalue weighted by atomic mass is 19.1. The van der Waals surface area contributed by atoms with E-state index in [9.17, 15) is 8.78 Å². The van der Waals surface area contributed by atoms with Crippen molar-refractivity contribution in [2.75, 3.05) is 6.54 Å². The highest BCUT2D eigenvalue weighted by molar-refractivity contribution is 5.22. The van der Waals surface area contributed by atoms with Crippen molar-refractivity contribution in [2.45, 2.75) is 45.6 Å². The van der Waals surface area contributed by atoms with Crippen LogP contribution in [0.5, 0.6) is 0 Å². The molecule has 0 aliphatic heterocycles. The van der Waals surface area contributed by atoms with E-state index in [1.54, 1.807) is 0 Å². The zero-order valence-electron chi connectivity index (χ0n) is 11.8. The molecule has 0 bridgehead atoms. The van der Waals surface area contributed by atoms with Gasteiger partial charge in [0.2, 0.25) is 0 Å². The summed E-state index contributed by atoms with van der Waals surface area (Å²) in [6, 6.07) is 3.96. The average molecular weight is 267 g/mol. The molecule has 1 aromatic rings. The van der Waals surface area contributed by atoms with Crippen molar-refractivity contribution in [1.29, 1.82) is 0 Å². The van der Waals surface area contributed by atoms with Crippen LogP contribution in [0.3, 0.4) is 0 Å². The summed E-state index contributed by atoms with van der Waals surface area (Å²) in [5.74, 6) is 0.241. The van der Waals surface area contributed by atoms with Crippen LogP contribution >= 0.6 is 0 Å². The lowest BCUT2D eigenvalue weighted by Gasteiger charge is -2.25. The molecule has 1 aromatic carbocycles. The summed E-state index contributed by atoms with van der Waals surface area (Å²) in [6.45, 7) is 5.24. The molecular weight excluding hydrogens is 244 g/mol. The van der Waals surface area contributed by atoms with E-state index in [4.69, 9.17) is 0 Å². The summed E-state index contributed by atoms with van der Waals surface area (Å²) in [5, 5.41) is 3.47. The monoisotopic (exact) mass is 267 g/mol. The van der Waals surface area contributed by atoms with Gasteiger partial charge in [-0.05, 0) is 55.3 Å². The van der Waals surface area contributed by atoms with Crippen molar-refractivity contribution in [2.24, 2.45) is 11.8 Å². The lowest BCUT2D eigenvalue weighted by molar-refractivity contribution is 0.357. The molecule has 1 nitrogen and oxygen atoms in total. The molecule has 1 fully saturated rings. The van der Waals surface area contributed by atoms with E-state index in [1.165, 1.54) is 18.6 Å². The van der Waals surface area contributed by atoms with Gasteiger partial charge in [-0.2, -0.15) is 0 Å². The molecule has 1 N–H and O–H groups in total. The first-order valence-electron chi connectivity index (χ1n) is 7.29. The Labute approximate surface area is 114 Å². The summed E-state index contributed by atoms with van der Waals surface area (Å²) in [5.41, 5.74) is 0.755. The van der Waals surface area contributed by atoms with Gasteiger partial charge in [0.25, 0.3) is 0 Å².